The minimum absolute atomic E-state index is 0.150. The molecule has 0 radical (unpaired) electrons. The van der Waals surface area contributed by atoms with Crippen LogP contribution in [0.4, 0.5) is 5.00 Å². The van der Waals surface area contributed by atoms with Gasteiger partial charge in [0.2, 0.25) is 0 Å². The molecule has 3 aromatic rings. The van der Waals surface area contributed by atoms with E-state index in [4.69, 9.17) is 13.9 Å². The molecule has 0 spiro atoms. The number of aromatic nitrogens is 1. The van der Waals surface area contributed by atoms with Gasteiger partial charge in [-0.3, -0.25) is 4.79 Å². The smallest absolute Gasteiger partial charge is 0.341 e. The quantitative estimate of drug-likeness (QED) is 0.542. The number of fused-ring (bicyclic) bond motifs is 2. The Bertz CT molecular complexity index is 1220. The van der Waals surface area contributed by atoms with Gasteiger partial charge in [0.15, 0.2) is 18.6 Å². The SMILES string of the molecule is COC(=O)c1c(NC(=O)COC(=O)c2cccc3ocnc23)sc2c1CCC(C(C)(C)C)C2. The fraction of sp³-hybridized carbons (Fsp3) is 0.417. The fourth-order valence-corrected chi connectivity index (χ4v) is 5.49. The molecule has 1 amide bonds. The number of carbonyl (C=O) groups is 3. The molecule has 4 rings (SSSR count). The summed E-state index contributed by atoms with van der Waals surface area (Å²) < 4.78 is 15.4. The van der Waals surface area contributed by atoms with Crippen molar-refractivity contribution >= 4 is 45.3 Å². The van der Waals surface area contributed by atoms with Gasteiger partial charge >= 0.3 is 11.9 Å². The molecule has 1 aliphatic rings. The molecule has 1 aliphatic carbocycles. The Morgan fingerprint density at radius 3 is 2.76 bits per heavy atom. The molecule has 1 aromatic carbocycles. The molecule has 1 N–H and O–H groups in total. The number of para-hydroxylation sites is 1. The van der Waals surface area contributed by atoms with E-state index < -0.39 is 24.5 Å². The van der Waals surface area contributed by atoms with E-state index in [1.807, 2.05) is 0 Å². The molecule has 0 bridgehead atoms. The van der Waals surface area contributed by atoms with Gasteiger partial charge in [-0.15, -0.1) is 11.3 Å². The first kappa shape index (κ1) is 23.0. The molecule has 0 fully saturated rings. The van der Waals surface area contributed by atoms with Crippen LogP contribution in [0.15, 0.2) is 29.0 Å². The number of nitrogens with zero attached hydrogens (tertiary/aromatic N) is 1. The molecular formula is C24H26N2O6S. The van der Waals surface area contributed by atoms with Crippen LogP contribution in [0.25, 0.3) is 11.1 Å². The minimum atomic E-state index is -0.684. The van der Waals surface area contributed by atoms with Crippen LogP contribution in [-0.4, -0.2) is 36.5 Å². The highest BCUT2D eigenvalue weighted by Crippen LogP contribution is 2.44. The van der Waals surface area contributed by atoms with Crippen LogP contribution in [0.3, 0.4) is 0 Å². The minimum Gasteiger partial charge on any atom is -0.465 e. The number of benzene rings is 1. The molecule has 1 unspecified atom stereocenters. The summed E-state index contributed by atoms with van der Waals surface area (Å²) in [5.74, 6) is -1.22. The van der Waals surface area contributed by atoms with Gasteiger partial charge in [-0.05, 0) is 48.3 Å². The standard InChI is InChI=1S/C24H26N2O6S/c1-24(2,3)13-8-9-14-17(10-13)33-21(19(14)23(29)30-4)26-18(27)11-31-22(28)15-6-5-7-16-20(15)25-12-32-16/h5-7,12-13H,8-11H2,1-4H3,(H,26,27). The van der Waals surface area contributed by atoms with E-state index >= 15 is 0 Å². The maximum Gasteiger partial charge on any atom is 0.341 e. The Morgan fingerprint density at radius 2 is 2.03 bits per heavy atom. The fourth-order valence-electron chi connectivity index (χ4n) is 4.15. The molecule has 0 saturated carbocycles. The first-order valence-corrected chi connectivity index (χ1v) is 11.5. The summed E-state index contributed by atoms with van der Waals surface area (Å²) in [4.78, 5) is 42.7. The highest BCUT2D eigenvalue weighted by atomic mass is 32.1. The summed E-state index contributed by atoms with van der Waals surface area (Å²) in [5.41, 5.74) is 2.53. The first-order chi connectivity index (χ1) is 15.7. The van der Waals surface area contributed by atoms with E-state index in [1.165, 1.54) is 24.8 Å². The van der Waals surface area contributed by atoms with E-state index in [0.717, 1.165) is 29.7 Å². The van der Waals surface area contributed by atoms with Crippen LogP contribution >= 0.6 is 11.3 Å². The summed E-state index contributed by atoms with van der Waals surface area (Å²) in [5, 5.41) is 3.17. The van der Waals surface area contributed by atoms with Crippen molar-refractivity contribution in [3.8, 4) is 0 Å². The normalized spacial score (nSPS) is 15.7. The molecule has 2 aromatic heterocycles. The maximum absolute atomic E-state index is 12.6. The van der Waals surface area contributed by atoms with Gasteiger partial charge < -0.3 is 19.2 Å². The van der Waals surface area contributed by atoms with Gasteiger partial charge in [0.1, 0.15) is 10.5 Å². The van der Waals surface area contributed by atoms with Crippen molar-refractivity contribution in [3.05, 3.63) is 46.2 Å². The predicted octanol–water partition coefficient (Wildman–Crippen LogP) is 4.62. The lowest BCUT2D eigenvalue weighted by molar-refractivity contribution is -0.119. The summed E-state index contributed by atoms with van der Waals surface area (Å²) in [6.07, 6.45) is 3.81. The maximum atomic E-state index is 12.6. The lowest BCUT2D eigenvalue weighted by Crippen LogP contribution is -2.26. The third kappa shape index (κ3) is 4.64. The number of hydrogen-bond acceptors (Lipinski definition) is 8. The largest absolute Gasteiger partial charge is 0.465 e. The number of thiophene rings is 1. The second kappa shape index (κ2) is 8.97. The van der Waals surface area contributed by atoms with Crippen molar-refractivity contribution in [1.82, 2.24) is 4.98 Å². The third-order valence-corrected chi connectivity index (χ3v) is 7.22. The number of amides is 1. The number of carbonyl (C=O) groups excluding carboxylic acids is 3. The highest BCUT2D eigenvalue weighted by molar-refractivity contribution is 7.17. The molecule has 1 atom stereocenters. The molecular weight excluding hydrogens is 444 g/mol. The summed E-state index contributed by atoms with van der Waals surface area (Å²) in [6.45, 7) is 6.15. The van der Waals surface area contributed by atoms with Gasteiger partial charge in [0, 0.05) is 4.88 Å². The zero-order valence-corrected chi connectivity index (χ0v) is 19.8. The molecule has 9 heteroatoms. The van der Waals surface area contributed by atoms with Crippen molar-refractivity contribution < 1.29 is 28.3 Å². The van der Waals surface area contributed by atoms with E-state index in [9.17, 15) is 14.4 Å². The molecule has 0 aliphatic heterocycles. The number of rotatable bonds is 5. The molecule has 0 saturated heterocycles. The number of nitrogens with one attached hydrogen (secondary N) is 1. The lowest BCUT2D eigenvalue weighted by atomic mass is 9.72. The first-order valence-electron chi connectivity index (χ1n) is 10.7. The molecule has 174 valence electrons. The van der Waals surface area contributed by atoms with Crippen LogP contribution in [0.5, 0.6) is 0 Å². The van der Waals surface area contributed by atoms with Crippen LogP contribution in [0, 0.1) is 11.3 Å². The summed E-state index contributed by atoms with van der Waals surface area (Å²) >= 11 is 1.39. The molecule has 8 nitrogen and oxygen atoms in total. The number of anilines is 1. The number of ether oxygens (including phenoxy) is 2. The van der Waals surface area contributed by atoms with Crippen LogP contribution in [-0.2, 0) is 27.1 Å². The summed E-state index contributed by atoms with van der Waals surface area (Å²) in [6, 6.07) is 4.89. The number of esters is 2. The third-order valence-electron chi connectivity index (χ3n) is 6.05. The van der Waals surface area contributed by atoms with Crippen LogP contribution in [0.2, 0.25) is 0 Å². The summed E-state index contributed by atoms with van der Waals surface area (Å²) in [7, 11) is 1.32. The van der Waals surface area contributed by atoms with Crippen LogP contribution in [0.1, 0.15) is 58.3 Å². The van der Waals surface area contributed by atoms with Crippen molar-refractivity contribution in [3.63, 3.8) is 0 Å². The second-order valence-corrected chi connectivity index (χ2v) is 10.2. The highest BCUT2D eigenvalue weighted by Gasteiger charge is 2.34. The van der Waals surface area contributed by atoms with Crippen molar-refractivity contribution in [2.24, 2.45) is 11.3 Å². The van der Waals surface area contributed by atoms with E-state index in [2.05, 4.69) is 31.1 Å². The molecule has 33 heavy (non-hydrogen) atoms. The van der Waals surface area contributed by atoms with Crippen molar-refractivity contribution in [2.75, 3.05) is 19.0 Å². The van der Waals surface area contributed by atoms with Crippen molar-refractivity contribution in [2.45, 2.75) is 40.0 Å². The second-order valence-electron chi connectivity index (χ2n) is 9.13. The van der Waals surface area contributed by atoms with Gasteiger partial charge in [0.25, 0.3) is 5.91 Å². The average Bonchev–Trinajstić information content (AvgIpc) is 3.39. The van der Waals surface area contributed by atoms with Crippen LogP contribution < -0.4 is 5.32 Å². The Kier molecular flexibility index (Phi) is 6.25. The van der Waals surface area contributed by atoms with Gasteiger partial charge in [-0.1, -0.05) is 26.8 Å². The predicted molar refractivity (Wildman–Crippen MR) is 124 cm³/mol. The monoisotopic (exact) mass is 470 g/mol. The lowest BCUT2D eigenvalue weighted by Gasteiger charge is -2.33. The Hall–Kier alpha value is -3.20. The van der Waals surface area contributed by atoms with E-state index in [-0.39, 0.29) is 11.0 Å². The van der Waals surface area contributed by atoms with E-state index in [0.29, 0.717) is 27.6 Å². The van der Waals surface area contributed by atoms with Gasteiger partial charge in [0.05, 0.1) is 18.2 Å². The van der Waals surface area contributed by atoms with Gasteiger partial charge in [-0.2, -0.15) is 0 Å². The average molecular weight is 471 g/mol. The topological polar surface area (TPSA) is 108 Å². The number of hydrogen-bond donors (Lipinski definition) is 1. The van der Waals surface area contributed by atoms with Crippen molar-refractivity contribution in [1.29, 1.82) is 0 Å². The Morgan fingerprint density at radius 1 is 1.24 bits per heavy atom. The zero-order valence-electron chi connectivity index (χ0n) is 19.0. The number of oxazole rings is 1. The Balaban J connectivity index is 1.48. The number of methoxy groups -OCH3 is 1. The van der Waals surface area contributed by atoms with Gasteiger partial charge in [-0.25, -0.2) is 14.6 Å². The van der Waals surface area contributed by atoms with E-state index in [1.54, 1.807) is 18.2 Å². The zero-order chi connectivity index (χ0) is 23.8. The Labute approximate surface area is 195 Å². The molecule has 2 heterocycles.